The molecule has 1 heterocycles. The van der Waals surface area contributed by atoms with Crippen molar-refractivity contribution in [1.82, 2.24) is 0 Å². The summed E-state index contributed by atoms with van der Waals surface area (Å²) in [6.45, 7) is 6.38. The minimum absolute atomic E-state index is 0.247. The van der Waals surface area contributed by atoms with E-state index in [0.29, 0.717) is 13.2 Å². The van der Waals surface area contributed by atoms with Gasteiger partial charge in [-0.3, -0.25) is 0 Å². The molecule has 38 heavy (non-hydrogen) atoms. The van der Waals surface area contributed by atoms with Gasteiger partial charge >= 0.3 is 0 Å². The van der Waals surface area contributed by atoms with Crippen LogP contribution in [0.5, 0.6) is 0 Å². The predicted molar refractivity (Wildman–Crippen MR) is 136 cm³/mol. The van der Waals surface area contributed by atoms with Crippen LogP contribution in [0.4, 0.5) is 0 Å². The number of rotatable bonds is 16. The lowest BCUT2D eigenvalue weighted by molar-refractivity contribution is -0.442. The van der Waals surface area contributed by atoms with Crippen molar-refractivity contribution in [1.29, 1.82) is 0 Å². The van der Waals surface area contributed by atoms with E-state index in [9.17, 15) is 0 Å². The van der Waals surface area contributed by atoms with Crippen LogP contribution in [0, 0.1) is 0 Å². The SMILES string of the molecule is COOC(C)[C@H](OOC)[C@H](OOC)[C@@H]1OC(C)(C)O[C@@H](COCc2ccccc2)[C@H]1OCc1ccccc1. The molecule has 0 amide bonds. The highest BCUT2D eigenvalue weighted by Crippen LogP contribution is 2.35. The lowest BCUT2D eigenvalue weighted by Gasteiger charge is -2.48. The largest absolute Gasteiger partial charge is 0.374 e. The fourth-order valence-corrected chi connectivity index (χ4v) is 4.41. The van der Waals surface area contributed by atoms with E-state index < -0.39 is 42.4 Å². The third-order valence-electron chi connectivity index (χ3n) is 6.00. The molecule has 10 nitrogen and oxygen atoms in total. The highest BCUT2D eigenvalue weighted by atomic mass is 17.2. The van der Waals surface area contributed by atoms with Crippen molar-refractivity contribution in [3.05, 3.63) is 71.8 Å². The Balaban J connectivity index is 1.89. The first kappa shape index (κ1) is 30.6. The van der Waals surface area contributed by atoms with Gasteiger partial charge in [-0.2, -0.15) is 0 Å². The van der Waals surface area contributed by atoms with Crippen LogP contribution in [-0.2, 0) is 61.5 Å². The monoisotopic (exact) mass is 536 g/mol. The molecule has 0 saturated carbocycles. The van der Waals surface area contributed by atoms with Gasteiger partial charge in [0.05, 0.1) is 41.2 Å². The van der Waals surface area contributed by atoms with Crippen molar-refractivity contribution < 1.29 is 48.3 Å². The number of ether oxygens (including phenoxy) is 4. The van der Waals surface area contributed by atoms with Crippen LogP contribution in [0.15, 0.2) is 60.7 Å². The zero-order valence-corrected chi connectivity index (χ0v) is 22.9. The molecule has 10 heteroatoms. The van der Waals surface area contributed by atoms with Gasteiger partial charge in [0, 0.05) is 0 Å². The summed E-state index contributed by atoms with van der Waals surface area (Å²) >= 11 is 0. The highest BCUT2D eigenvalue weighted by molar-refractivity contribution is 5.14. The molecule has 0 radical (unpaired) electrons. The zero-order chi connectivity index (χ0) is 27.4. The van der Waals surface area contributed by atoms with Gasteiger partial charge in [-0.05, 0) is 31.9 Å². The minimum atomic E-state index is -1.00. The molecule has 0 N–H and O–H groups in total. The van der Waals surface area contributed by atoms with Gasteiger partial charge in [-0.25, -0.2) is 29.3 Å². The Labute approximate surface area is 224 Å². The average Bonchev–Trinajstić information content (AvgIpc) is 2.91. The van der Waals surface area contributed by atoms with Crippen molar-refractivity contribution in [2.45, 2.75) is 76.4 Å². The molecule has 0 aliphatic carbocycles. The molecular weight excluding hydrogens is 496 g/mol. The summed E-state index contributed by atoms with van der Waals surface area (Å²) in [7, 11) is 4.21. The highest BCUT2D eigenvalue weighted by Gasteiger charge is 2.52. The summed E-state index contributed by atoms with van der Waals surface area (Å²) in [4.78, 5) is 31.7. The second kappa shape index (κ2) is 15.6. The molecule has 3 rings (SSSR count). The van der Waals surface area contributed by atoms with E-state index in [1.54, 1.807) is 6.92 Å². The maximum absolute atomic E-state index is 6.45. The molecule has 6 atom stereocenters. The Morgan fingerprint density at radius 3 is 1.92 bits per heavy atom. The standard InChI is InChI=1S/C28H40O10/c1-20(36-29-4)24(37-30-5)27(38-31-6)26-25(33-18-22-15-11-8-12-16-22)23(34-28(2,3)35-26)19-32-17-21-13-9-7-10-14-21/h7-16,20,23-27H,17-19H2,1-6H3/t20?,23-,24-,25+,26+,27-/m0/s1. The van der Waals surface area contributed by atoms with Crippen molar-refractivity contribution in [3.63, 3.8) is 0 Å². The molecule has 1 aliphatic heterocycles. The van der Waals surface area contributed by atoms with Gasteiger partial charge in [0.15, 0.2) is 18.0 Å². The topological polar surface area (TPSA) is 92.3 Å². The quantitative estimate of drug-likeness (QED) is 0.230. The van der Waals surface area contributed by atoms with Crippen LogP contribution in [0.1, 0.15) is 31.9 Å². The van der Waals surface area contributed by atoms with Crippen LogP contribution in [-0.4, -0.2) is 70.3 Å². The molecule has 0 aromatic heterocycles. The summed E-state index contributed by atoms with van der Waals surface area (Å²) in [5, 5.41) is 0. The maximum atomic E-state index is 6.45. The van der Waals surface area contributed by atoms with Crippen molar-refractivity contribution in [2.24, 2.45) is 0 Å². The van der Waals surface area contributed by atoms with Gasteiger partial charge < -0.3 is 18.9 Å². The van der Waals surface area contributed by atoms with Crippen molar-refractivity contribution >= 4 is 0 Å². The number of hydrogen-bond acceptors (Lipinski definition) is 10. The molecule has 0 bridgehead atoms. The Bertz CT molecular complexity index is 897. The summed E-state index contributed by atoms with van der Waals surface area (Å²) in [5.74, 6) is -1.00. The Morgan fingerprint density at radius 2 is 1.34 bits per heavy atom. The second-order valence-corrected chi connectivity index (χ2v) is 9.32. The van der Waals surface area contributed by atoms with Crippen LogP contribution >= 0.6 is 0 Å². The zero-order valence-electron chi connectivity index (χ0n) is 22.9. The summed E-state index contributed by atoms with van der Waals surface area (Å²) in [6.07, 6.45) is -4.22. The van der Waals surface area contributed by atoms with Gasteiger partial charge in [-0.15, -0.1) is 0 Å². The summed E-state index contributed by atoms with van der Waals surface area (Å²) < 4.78 is 25.3. The molecule has 1 aliphatic rings. The van der Waals surface area contributed by atoms with Crippen LogP contribution < -0.4 is 0 Å². The minimum Gasteiger partial charge on any atom is -0.374 e. The van der Waals surface area contributed by atoms with Crippen LogP contribution in [0.3, 0.4) is 0 Å². The van der Waals surface area contributed by atoms with Gasteiger partial charge in [0.1, 0.15) is 24.4 Å². The maximum Gasteiger partial charge on any atom is 0.164 e. The lowest BCUT2D eigenvalue weighted by Crippen LogP contribution is -2.63. The first-order chi connectivity index (χ1) is 18.4. The molecular formula is C28H40O10. The summed E-state index contributed by atoms with van der Waals surface area (Å²) in [5.41, 5.74) is 2.04. The Morgan fingerprint density at radius 1 is 0.763 bits per heavy atom. The van der Waals surface area contributed by atoms with E-state index in [1.807, 2.05) is 74.5 Å². The first-order valence-electron chi connectivity index (χ1n) is 12.6. The van der Waals surface area contributed by atoms with E-state index in [2.05, 4.69) is 0 Å². The molecule has 2 aromatic rings. The van der Waals surface area contributed by atoms with Gasteiger partial charge in [0.2, 0.25) is 0 Å². The number of hydrogen-bond donors (Lipinski definition) is 0. The molecule has 2 aromatic carbocycles. The first-order valence-corrected chi connectivity index (χ1v) is 12.6. The summed E-state index contributed by atoms with van der Waals surface area (Å²) in [6, 6.07) is 19.8. The molecule has 0 spiro atoms. The normalized spacial score (nSPS) is 23.6. The Kier molecular flexibility index (Phi) is 12.5. The number of benzene rings is 2. The van der Waals surface area contributed by atoms with E-state index in [-0.39, 0.29) is 6.61 Å². The van der Waals surface area contributed by atoms with Crippen molar-refractivity contribution in [3.8, 4) is 0 Å². The van der Waals surface area contributed by atoms with Crippen LogP contribution in [0.2, 0.25) is 0 Å². The fraction of sp³-hybridized carbons (Fsp3) is 0.571. The third kappa shape index (κ3) is 9.06. The van der Waals surface area contributed by atoms with Gasteiger partial charge in [0.25, 0.3) is 0 Å². The smallest absolute Gasteiger partial charge is 0.164 e. The molecule has 1 fully saturated rings. The van der Waals surface area contributed by atoms with Crippen LogP contribution in [0.25, 0.3) is 0 Å². The molecule has 212 valence electrons. The van der Waals surface area contributed by atoms with Gasteiger partial charge in [-0.1, -0.05) is 60.7 Å². The van der Waals surface area contributed by atoms with E-state index in [1.165, 1.54) is 21.3 Å². The molecule has 1 saturated heterocycles. The van der Waals surface area contributed by atoms with Crippen molar-refractivity contribution in [2.75, 3.05) is 27.9 Å². The molecule has 1 unspecified atom stereocenters. The second-order valence-electron chi connectivity index (χ2n) is 9.32. The fourth-order valence-electron chi connectivity index (χ4n) is 4.41. The third-order valence-corrected chi connectivity index (χ3v) is 6.00. The lowest BCUT2D eigenvalue weighted by atomic mass is 9.94. The van der Waals surface area contributed by atoms with E-state index >= 15 is 0 Å². The predicted octanol–water partition coefficient (Wildman–Crippen LogP) is 4.17. The Hall–Kier alpha value is -1.96. The van der Waals surface area contributed by atoms with E-state index in [4.69, 9.17) is 48.3 Å². The van der Waals surface area contributed by atoms with E-state index in [0.717, 1.165) is 11.1 Å². The average molecular weight is 537 g/mol.